The van der Waals surface area contributed by atoms with Gasteiger partial charge in [-0.2, -0.15) is 0 Å². The van der Waals surface area contributed by atoms with E-state index in [9.17, 15) is 9.18 Å². The van der Waals surface area contributed by atoms with Crippen LogP contribution in [0.15, 0.2) is 40.9 Å². The number of carbonyl (C=O) groups excluding carboxylic acids is 1. The van der Waals surface area contributed by atoms with Crippen molar-refractivity contribution in [1.29, 1.82) is 0 Å². The Hall–Kier alpha value is -1.59. The van der Waals surface area contributed by atoms with Crippen LogP contribution < -0.4 is 5.73 Å². The Balaban J connectivity index is 2.10. The summed E-state index contributed by atoms with van der Waals surface area (Å²) in [5, 5.41) is 0.341. The monoisotopic (exact) mass is 357 g/mol. The van der Waals surface area contributed by atoms with Crippen molar-refractivity contribution < 1.29 is 13.9 Å². The standard InChI is InChI=1S/C14H10BrClFNO2/c15-10-3-8(5-12(18)6-10)14(19)20-7-9-4-11(17)1-2-13(9)16/h1-6H,7,18H2. The first-order valence-corrected chi connectivity index (χ1v) is 6.80. The van der Waals surface area contributed by atoms with Gasteiger partial charge in [0, 0.05) is 20.7 Å². The van der Waals surface area contributed by atoms with E-state index in [2.05, 4.69) is 15.9 Å². The molecule has 0 bridgehead atoms. The molecule has 0 aliphatic carbocycles. The first-order chi connectivity index (χ1) is 9.45. The Kier molecular flexibility index (Phi) is 4.62. The molecular formula is C14H10BrClFNO2. The van der Waals surface area contributed by atoms with E-state index < -0.39 is 11.8 Å². The minimum Gasteiger partial charge on any atom is -0.457 e. The predicted molar refractivity (Wildman–Crippen MR) is 79.1 cm³/mol. The minimum absolute atomic E-state index is 0.109. The molecule has 0 unspecified atom stereocenters. The molecule has 0 fully saturated rings. The van der Waals surface area contributed by atoms with Crippen molar-refractivity contribution in [3.8, 4) is 0 Å². The van der Waals surface area contributed by atoms with Crippen molar-refractivity contribution in [1.82, 2.24) is 0 Å². The highest BCUT2D eigenvalue weighted by Crippen LogP contribution is 2.20. The van der Waals surface area contributed by atoms with Gasteiger partial charge in [-0.25, -0.2) is 9.18 Å². The minimum atomic E-state index is -0.557. The molecule has 0 saturated carbocycles. The van der Waals surface area contributed by atoms with Gasteiger partial charge < -0.3 is 10.5 Å². The zero-order valence-electron chi connectivity index (χ0n) is 10.2. The van der Waals surface area contributed by atoms with Gasteiger partial charge in [0.15, 0.2) is 0 Å². The fourth-order valence-corrected chi connectivity index (χ4v) is 2.29. The number of esters is 1. The van der Waals surface area contributed by atoms with Gasteiger partial charge in [0.2, 0.25) is 0 Å². The number of hydrogen-bond acceptors (Lipinski definition) is 3. The molecule has 3 nitrogen and oxygen atoms in total. The molecule has 2 aromatic carbocycles. The normalized spacial score (nSPS) is 10.3. The third kappa shape index (κ3) is 3.71. The van der Waals surface area contributed by atoms with E-state index in [1.165, 1.54) is 24.3 Å². The lowest BCUT2D eigenvalue weighted by Gasteiger charge is -2.07. The zero-order valence-corrected chi connectivity index (χ0v) is 12.5. The van der Waals surface area contributed by atoms with Crippen LogP contribution in [0, 0.1) is 5.82 Å². The van der Waals surface area contributed by atoms with E-state index in [1.54, 1.807) is 12.1 Å². The number of nitrogens with two attached hydrogens (primary N) is 1. The van der Waals surface area contributed by atoms with Gasteiger partial charge in [0.05, 0.1) is 5.56 Å². The lowest BCUT2D eigenvalue weighted by atomic mass is 10.2. The molecular weight excluding hydrogens is 349 g/mol. The molecule has 0 spiro atoms. The smallest absolute Gasteiger partial charge is 0.338 e. The largest absolute Gasteiger partial charge is 0.457 e. The molecule has 0 radical (unpaired) electrons. The molecule has 20 heavy (non-hydrogen) atoms. The lowest BCUT2D eigenvalue weighted by molar-refractivity contribution is 0.0472. The van der Waals surface area contributed by atoms with Crippen LogP contribution in [0.1, 0.15) is 15.9 Å². The van der Waals surface area contributed by atoms with Gasteiger partial charge in [-0.1, -0.05) is 27.5 Å². The van der Waals surface area contributed by atoms with Crippen LogP contribution in [0.2, 0.25) is 5.02 Å². The second kappa shape index (κ2) is 6.24. The van der Waals surface area contributed by atoms with Crippen molar-refractivity contribution in [2.45, 2.75) is 6.61 Å². The average Bonchev–Trinajstić information content (AvgIpc) is 2.38. The second-order valence-corrected chi connectivity index (χ2v) is 5.41. The van der Waals surface area contributed by atoms with Gasteiger partial charge in [0.1, 0.15) is 12.4 Å². The van der Waals surface area contributed by atoms with Crippen LogP contribution in [0.3, 0.4) is 0 Å². The van der Waals surface area contributed by atoms with Gasteiger partial charge in [-0.05, 0) is 36.4 Å². The molecule has 0 saturated heterocycles. The Bertz CT molecular complexity index is 643. The average molecular weight is 359 g/mol. The Morgan fingerprint density at radius 2 is 2.05 bits per heavy atom. The third-order valence-corrected chi connectivity index (χ3v) is 3.35. The molecule has 6 heteroatoms. The highest BCUT2D eigenvalue weighted by Gasteiger charge is 2.11. The number of benzene rings is 2. The lowest BCUT2D eigenvalue weighted by Crippen LogP contribution is -2.06. The van der Waals surface area contributed by atoms with Crippen LogP contribution in [-0.4, -0.2) is 5.97 Å². The molecule has 2 rings (SSSR count). The summed E-state index contributed by atoms with van der Waals surface area (Å²) in [6.07, 6.45) is 0. The third-order valence-electron chi connectivity index (χ3n) is 2.52. The van der Waals surface area contributed by atoms with E-state index in [1.807, 2.05) is 0 Å². The molecule has 2 aromatic rings. The predicted octanol–water partition coefficient (Wildman–Crippen LogP) is 4.18. The van der Waals surface area contributed by atoms with Crippen LogP contribution in [-0.2, 0) is 11.3 Å². The summed E-state index contributed by atoms with van der Waals surface area (Å²) < 4.78 is 18.8. The van der Waals surface area contributed by atoms with Gasteiger partial charge in [0.25, 0.3) is 0 Å². The van der Waals surface area contributed by atoms with E-state index in [4.69, 9.17) is 22.1 Å². The number of ether oxygens (including phenoxy) is 1. The van der Waals surface area contributed by atoms with Crippen LogP contribution in [0.4, 0.5) is 10.1 Å². The number of anilines is 1. The number of halogens is 3. The summed E-state index contributed by atoms with van der Waals surface area (Å²) in [7, 11) is 0. The van der Waals surface area contributed by atoms with Crippen LogP contribution in [0.25, 0.3) is 0 Å². The molecule has 0 atom stereocenters. The maximum Gasteiger partial charge on any atom is 0.338 e. The number of hydrogen-bond donors (Lipinski definition) is 1. The van der Waals surface area contributed by atoms with Gasteiger partial charge in [-0.15, -0.1) is 0 Å². The van der Waals surface area contributed by atoms with E-state index in [0.29, 0.717) is 26.3 Å². The Labute approximate surface area is 128 Å². The van der Waals surface area contributed by atoms with Gasteiger partial charge in [-0.3, -0.25) is 0 Å². The van der Waals surface area contributed by atoms with E-state index in [-0.39, 0.29) is 6.61 Å². The topological polar surface area (TPSA) is 52.3 Å². The summed E-state index contributed by atoms with van der Waals surface area (Å²) in [6.45, 7) is -0.109. The van der Waals surface area contributed by atoms with Crippen molar-refractivity contribution >= 4 is 39.2 Å². The number of carbonyl (C=O) groups is 1. The molecule has 0 aromatic heterocycles. The summed E-state index contributed by atoms with van der Waals surface area (Å²) in [5.41, 5.74) is 6.80. The van der Waals surface area contributed by atoms with Crippen molar-refractivity contribution in [3.63, 3.8) is 0 Å². The molecule has 0 heterocycles. The molecule has 0 aliphatic heterocycles. The summed E-state index contributed by atoms with van der Waals surface area (Å²) in [4.78, 5) is 11.9. The molecule has 0 aliphatic rings. The fraction of sp³-hybridized carbons (Fsp3) is 0.0714. The van der Waals surface area contributed by atoms with Crippen LogP contribution in [0.5, 0.6) is 0 Å². The maximum absolute atomic E-state index is 13.1. The van der Waals surface area contributed by atoms with Crippen molar-refractivity contribution in [3.05, 3.63) is 62.8 Å². The molecule has 104 valence electrons. The Morgan fingerprint density at radius 3 is 2.75 bits per heavy atom. The first-order valence-electron chi connectivity index (χ1n) is 5.63. The Morgan fingerprint density at radius 1 is 1.30 bits per heavy atom. The van der Waals surface area contributed by atoms with Crippen molar-refractivity contribution in [2.24, 2.45) is 0 Å². The first kappa shape index (κ1) is 14.8. The number of rotatable bonds is 3. The zero-order chi connectivity index (χ0) is 14.7. The molecule has 0 amide bonds. The quantitative estimate of drug-likeness (QED) is 0.661. The maximum atomic E-state index is 13.1. The second-order valence-electron chi connectivity index (χ2n) is 4.09. The number of nitrogen functional groups attached to an aromatic ring is 1. The molecule has 2 N–H and O–H groups in total. The van der Waals surface area contributed by atoms with E-state index >= 15 is 0 Å². The summed E-state index contributed by atoms with van der Waals surface area (Å²) in [5.74, 6) is -0.995. The highest BCUT2D eigenvalue weighted by atomic mass is 79.9. The highest BCUT2D eigenvalue weighted by molar-refractivity contribution is 9.10. The summed E-state index contributed by atoms with van der Waals surface area (Å²) in [6, 6.07) is 8.64. The fourth-order valence-electron chi connectivity index (χ4n) is 1.61. The summed E-state index contributed by atoms with van der Waals surface area (Å²) >= 11 is 9.13. The van der Waals surface area contributed by atoms with Crippen LogP contribution >= 0.6 is 27.5 Å². The van der Waals surface area contributed by atoms with E-state index in [0.717, 1.165) is 0 Å². The van der Waals surface area contributed by atoms with Crippen molar-refractivity contribution in [2.75, 3.05) is 5.73 Å². The van der Waals surface area contributed by atoms with Gasteiger partial charge >= 0.3 is 5.97 Å². The SMILES string of the molecule is Nc1cc(Br)cc(C(=O)OCc2cc(F)ccc2Cl)c1.